The molecule has 1 fully saturated rings. The number of carbonyl (C=O) groups is 1. The quantitative estimate of drug-likeness (QED) is 0.836. The molecule has 3 nitrogen and oxygen atoms in total. The summed E-state index contributed by atoms with van der Waals surface area (Å²) in [5, 5.41) is 0. The van der Waals surface area contributed by atoms with Crippen molar-refractivity contribution in [2.45, 2.75) is 38.0 Å². The Labute approximate surface area is 140 Å². The van der Waals surface area contributed by atoms with Crippen LogP contribution in [0, 0.1) is 0 Å². The molecule has 0 saturated carbocycles. The van der Waals surface area contributed by atoms with Gasteiger partial charge in [-0.05, 0) is 37.8 Å². The van der Waals surface area contributed by atoms with E-state index in [9.17, 15) is 4.79 Å². The minimum Gasteiger partial charge on any atom is -0.336 e. The first-order valence-electron chi connectivity index (χ1n) is 7.94. The Hall–Kier alpha value is -0.940. The Kier molecular flexibility index (Phi) is 5.47. The van der Waals surface area contributed by atoms with Crippen LogP contribution in [0.3, 0.4) is 0 Å². The van der Waals surface area contributed by atoms with Crippen LogP contribution in [0.4, 0.5) is 0 Å². The second-order valence-electron chi connectivity index (χ2n) is 5.79. The van der Waals surface area contributed by atoms with Gasteiger partial charge in [0.25, 0.3) is 5.91 Å². The Morgan fingerprint density at radius 2 is 2.27 bits per heavy atom. The Morgan fingerprint density at radius 3 is 3.05 bits per heavy atom. The fourth-order valence-corrected chi connectivity index (χ4v) is 4.96. The topological polar surface area (TPSA) is 32.7 Å². The second-order valence-corrected chi connectivity index (χ2v) is 8.09. The minimum atomic E-state index is 0.199. The van der Waals surface area contributed by atoms with E-state index in [1.54, 1.807) is 11.8 Å². The predicted octanol–water partition coefficient (Wildman–Crippen LogP) is 4.04. The Bertz CT molecular complexity index is 574. The van der Waals surface area contributed by atoms with Gasteiger partial charge in [0.05, 0.1) is 6.54 Å². The fourth-order valence-electron chi connectivity index (χ4n) is 2.95. The molecule has 0 bridgehead atoms. The van der Waals surface area contributed by atoms with E-state index in [-0.39, 0.29) is 5.91 Å². The van der Waals surface area contributed by atoms with Crippen molar-refractivity contribution in [2.24, 2.45) is 4.99 Å². The average Bonchev–Trinajstić information content (AvgIpc) is 3.06. The van der Waals surface area contributed by atoms with Gasteiger partial charge in [-0.3, -0.25) is 9.79 Å². The molecular formula is C17H22N2OS2. The molecule has 22 heavy (non-hydrogen) atoms. The third-order valence-corrected chi connectivity index (χ3v) is 6.52. The molecule has 1 atom stereocenters. The van der Waals surface area contributed by atoms with E-state index in [1.807, 2.05) is 30.0 Å². The lowest BCUT2D eigenvalue weighted by Crippen LogP contribution is -2.42. The Morgan fingerprint density at radius 1 is 1.41 bits per heavy atom. The van der Waals surface area contributed by atoms with Gasteiger partial charge < -0.3 is 4.90 Å². The van der Waals surface area contributed by atoms with Gasteiger partial charge in [0, 0.05) is 29.7 Å². The summed E-state index contributed by atoms with van der Waals surface area (Å²) in [7, 11) is 0. The molecule has 3 rings (SSSR count). The summed E-state index contributed by atoms with van der Waals surface area (Å²) in [5.74, 6) is 2.12. The van der Waals surface area contributed by atoms with Crippen LogP contribution in [0.5, 0.6) is 0 Å². The number of thioether (sulfide) groups is 2. The molecule has 1 amide bonds. The molecule has 0 spiro atoms. The van der Waals surface area contributed by atoms with Crippen molar-refractivity contribution in [1.82, 2.24) is 4.90 Å². The molecule has 1 saturated heterocycles. The molecule has 2 aliphatic heterocycles. The van der Waals surface area contributed by atoms with E-state index in [1.165, 1.54) is 6.42 Å². The molecule has 1 unspecified atom stereocenters. The SMILES string of the molecule is CC1CCCCN1C(=O)c1ccccc1CSC1=NCCS1. The summed E-state index contributed by atoms with van der Waals surface area (Å²) in [6.07, 6.45) is 3.48. The van der Waals surface area contributed by atoms with Gasteiger partial charge in [0.2, 0.25) is 0 Å². The average molecular weight is 335 g/mol. The lowest BCUT2D eigenvalue weighted by molar-refractivity contribution is 0.0635. The number of rotatable bonds is 3. The molecule has 0 N–H and O–H groups in total. The van der Waals surface area contributed by atoms with Crippen molar-refractivity contribution in [1.29, 1.82) is 0 Å². The molecule has 0 aliphatic carbocycles. The van der Waals surface area contributed by atoms with Gasteiger partial charge in [-0.1, -0.05) is 41.7 Å². The zero-order valence-corrected chi connectivity index (χ0v) is 14.6. The monoisotopic (exact) mass is 334 g/mol. The van der Waals surface area contributed by atoms with Crippen molar-refractivity contribution in [3.8, 4) is 0 Å². The van der Waals surface area contributed by atoms with Crippen molar-refractivity contribution in [2.75, 3.05) is 18.8 Å². The number of nitrogens with zero attached hydrogens (tertiary/aromatic N) is 2. The normalized spacial score (nSPS) is 21.8. The van der Waals surface area contributed by atoms with E-state index < -0.39 is 0 Å². The maximum atomic E-state index is 12.9. The summed E-state index contributed by atoms with van der Waals surface area (Å²) < 4.78 is 1.16. The zero-order valence-electron chi connectivity index (χ0n) is 13.0. The highest BCUT2D eigenvalue weighted by molar-refractivity contribution is 8.38. The van der Waals surface area contributed by atoms with Gasteiger partial charge >= 0.3 is 0 Å². The van der Waals surface area contributed by atoms with Crippen LogP contribution < -0.4 is 0 Å². The van der Waals surface area contributed by atoms with Gasteiger partial charge in [-0.15, -0.1) is 0 Å². The van der Waals surface area contributed by atoms with E-state index >= 15 is 0 Å². The minimum absolute atomic E-state index is 0.199. The van der Waals surface area contributed by atoms with Crippen LogP contribution >= 0.6 is 23.5 Å². The number of hydrogen-bond donors (Lipinski definition) is 0. The number of likely N-dealkylation sites (tertiary alicyclic amines) is 1. The first kappa shape index (κ1) is 15.9. The van der Waals surface area contributed by atoms with E-state index in [0.29, 0.717) is 6.04 Å². The largest absolute Gasteiger partial charge is 0.336 e. The summed E-state index contributed by atoms with van der Waals surface area (Å²) >= 11 is 3.58. The molecule has 0 aromatic heterocycles. The molecule has 118 valence electrons. The maximum Gasteiger partial charge on any atom is 0.254 e. The van der Waals surface area contributed by atoms with Gasteiger partial charge in [0.15, 0.2) is 0 Å². The molecule has 1 aromatic rings. The maximum absolute atomic E-state index is 12.9. The number of carbonyl (C=O) groups excluding carboxylic acids is 1. The van der Waals surface area contributed by atoms with Crippen molar-refractivity contribution in [3.05, 3.63) is 35.4 Å². The third-order valence-electron chi connectivity index (χ3n) is 4.22. The molecule has 0 radical (unpaired) electrons. The van der Waals surface area contributed by atoms with Crippen LogP contribution in [-0.2, 0) is 5.75 Å². The van der Waals surface area contributed by atoms with Crippen LogP contribution in [0.15, 0.2) is 29.3 Å². The van der Waals surface area contributed by atoms with E-state index in [4.69, 9.17) is 0 Å². The van der Waals surface area contributed by atoms with Crippen LogP contribution in [0.1, 0.15) is 42.1 Å². The fraction of sp³-hybridized carbons (Fsp3) is 0.529. The molecule has 1 aromatic carbocycles. The highest BCUT2D eigenvalue weighted by atomic mass is 32.2. The lowest BCUT2D eigenvalue weighted by atomic mass is 10.0. The van der Waals surface area contributed by atoms with Gasteiger partial charge in [-0.25, -0.2) is 0 Å². The number of benzene rings is 1. The summed E-state index contributed by atoms with van der Waals surface area (Å²) in [4.78, 5) is 19.4. The van der Waals surface area contributed by atoms with E-state index in [2.05, 4.69) is 22.9 Å². The first-order valence-corrected chi connectivity index (χ1v) is 9.92. The van der Waals surface area contributed by atoms with Gasteiger partial charge in [0.1, 0.15) is 4.38 Å². The van der Waals surface area contributed by atoms with Gasteiger partial charge in [-0.2, -0.15) is 0 Å². The second kappa shape index (κ2) is 7.55. The van der Waals surface area contributed by atoms with Crippen LogP contribution in [-0.4, -0.2) is 40.1 Å². The van der Waals surface area contributed by atoms with E-state index in [0.717, 1.165) is 52.9 Å². The number of aliphatic imine (C=N–C) groups is 1. The Balaban J connectivity index is 1.73. The predicted molar refractivity (Wildman–Crippen MR) is 96.8 cm³/mol. The van der Waals surface area contributed by atoms with Crippen LogP contribution in [0.25, 0.3) is 0 Å². The number of hydrogen-bond acceptors (Lipinski definition) is 4. The summed E-state index contributed by atoms with van der Waals surface area (Å²) in [6, 6.07) is 8.41. The zero-order chi connectivity index (χ0) is 15.4. The highest BCUT2D eigenvalue weighted by Gasteiger charge is 2.25. The molecule has 2 aliphatic rings. The number of amides is 1. The van der Waals surface area contributed by atoms with Crippen molar-refractivity contribution in [3.63, 3.8) is 0 Å². The van der Waals surface area contributed by atoms with Crippen LogP contribution in [0.2, 0.25) is 0 Å². The molecular weight excluding hydrogens is 312 g/mol. The number of piperidine rings is 1. The summed E-state index contributed by atoms with van der Waals surface area (Å²) in [5.41, 5.74) is 2.00. The van der Waals surface area contributed by atoms with Crippen molar-refractivity contribution >= 4 is 33.8 Å². The molecule has 2 heterocycles. The lowest BCUT2D eigenvalue weighted by Gasteiger charge is -2.34. The smallest absolute Gasteiger partial charge is 0.254 e. The molecule has 5 heteroatoms. The van der Waals surface area contributed by atoms with Crippen molar-refractivity contribution < 1.29 is 4.79 Å². The standard InChI is InChI=1S/C17H22N2OS2/c1-13-6-4-5-10-19(13)16(20)15-8-3-2-7-14(15)12-22-17-18-9-11-21-17/h2-3,7-8,13H,4-6,9-12H2,1H3. The third kappa shape index (κ3) is 3.69. The highest BCUT2D eigenvalue weighted by Crippen LogP contribution is 2.28. The first-order chi connectivity index (χ1) is 10.8. The summed E-state index contributed by atoms with van der Waals surface area (Å²) in [6.45, 7) is 3.99.